The molecule has 90 valence electrons. The Bertz CT molecular complexity index is 464. The molecular weight excluding hydrogens is 244 g/mol. The van der Waals surface area contributed by atoms with Gasteiger partial charge in [0.05, 0.1) is 0 Å². The van der Waals surface area contributed by atoms with Crippen molar-refractivity contribution in [3.8, 4) is 0 Å². The van der Waals surface area contributed by atoms with E-state index in [1.54, 1.807) is 24.3 Å². The number of hydrogen-bond donors (Lipinski definition) is 2. The Morgan fingerprint density at radius 2 is 2.29 bits per heavy atom. The van der Waals surface area contributed by atoms with Gasteiger partial charge in [-0.2, -0.15) is 0 Å². The van der Waals surface area contributed by atoms with Crippen molar-refractivity contribution >= 4 is 29.3 Å². The predicted molar refractivity (Wildman–Crippen MR) is 63.4 cm³/mol. The Kier molecular flexibility index (Phi) is 3.19. The zero-order valence-corrected chi connectivity index (χ0v) is 9.65. The number of rotatable bonds is 2. The molecule has 2 N–H and O–H groups in total. The van der Waals surface area contributed by atoms with Gasteiger partial charge in [0.15, 0.2) is 0 Å². The fourth-order valence-corrected chi connectivity index (χ4v) is 2.05. The van der Waals surface area contributed by atoms with Crippen LogP contribution < -0.4 is 10.2 Å². The van der Waals surface area contributed by atoms with Gasteiger partial charge in [0.25, 0.3) is 0 Å². The van der Waals surface area contributed by atoms with E-state index >= 15 is 0 Å². The lowest BCUT2D eigenvalue weighted by molar-refractivity contribution is -0.118. The Morgan fingerprint density at radius 3 is 2.94 bits per heavy atom. The first-order valence-electron chi connectivity index (χ1n) is 5.14. The molecule has 1 unspecified atom stereocenters. The molecule has 1 aliphatic heterocycles. The molecule has 2 rings (SSSR count). The number of nitrogens with zero attached hydrogens (tertiary/aromatic N) is 1. The molecule has 1 heterocycles. The fourth-order valence-electron chi connectivity index (χ4n) is 1.86. The number of benzene rings is 1. The van der Waals surface area contributed by atoms with E-state index in [1.165, 1.54) is 4.90 Å². The lowest BCUT2D eigenvalue weighted by Gasteiger charge is -2.16. The van der Waals surface area contributed by atoms with Crippen molar-refractivity contribution < 1.29 is 14.7 Å². The molecule has 0 aliphatic carbocycles. The zero-order chi connectivity index (χ0) is 12.4. The summed E-state index contributed by atoms with van der Waals surface area (Å²) in [5, 5.41) is 11.3. The SMILES string of the molecule is O=C(O)NC1CCN(c2cccc(Cl)c2)C1=O. The van der Waals surface area contributed by atoms with E-state index in [2.05, 4.69) is 5.32 Å². The normalized spacial score (nSPS) is 19.5. The van der Waals surface area contributed by atoms with Gasteiger partial charge in [0.2, 0.25) is 5.91 Å². The summed E-state index contributed by atoms with van der Waals surface area (Å²) in [6.07, 6.45) is -0.714. The summed E-state index contributed by atoms with van der Waals surface area (Å²) < 4.78 is 0. The Balaban J connectivity index is 2.15. The third-order valence-corrected chi connectivity index (χ3v) is 2.86. The van der Waals surface area contributed by atoms with Gasteiger partial charge < -0.3 is 15.3 Å². The van der Waals surface area contributed by atoms with E-state index in [9.17, 15) is 9.59 Å². The molecule has 1 saturated heterocycles. The number of hydrogen-bond acceptors (Lipinski definition) is 2. The third kappa shape index (κ3) is 2.50. The molecule has 1 aromatic carbocycles. The molecule has 1 fully saturated rings. The first kappa shape index (κ1) is 11.7. The monoisotopic (exact) mass is 254 g/mol. The summed E-state index contributed by atoms with van der Waals surface area (Å²) in [7, 11) is 0. The van der Waals surface area contributed by atoms with Gasteiger partial charge in [-0.25, -0.2) is 4.79 Å². The minimum Gasteiger partial charge on any atom is -0.465 e. The topological polar surface area (TPSA) is 69.6 Å². The molecule has 5 nitrogen and oxygen atoms in total. The predicted octanol–water partition coefficient (Wildman–Crippen LogP) is 1.71. The average Bonchev–Trinajstić information content (AvgIpc) is 2.60. The maximum atomic E-state index is 11.9. The Labute approximate surface area is 103 Å². The smallest absolute Gasteiger partial charge is 0.405 e. The average molecular weight is 255 g/mol. The van der Waals surface area contributed by atoms with Crippen molar-refractivity contribution in [2.24, 2.45) is 0 Å². The molecule has 1 aromatic rings. The van der Waals surface area contributed by atoms with E-state index in [0.29, 0.717) is 23.7 Å². The maximum absolute atomic E-state index is 11.9. The maximum Gasteiger partial charge on any atom is 0.405 e. The lowest BCUT2D eigenvalue weighted by atomic mass is 10.2. The van der Waals surface area contributed by atoms with Gasteiger partial charge >= 0.3 is 6.09 Å². The summed E-state index contributed by atoms with van der Waals surface area (Å²) in [5.74, 6) is -0.241. The van der Waals surface area contributed by atoms with Crippen molar-refractivity contribution in [2.45, 2.75) is 12.5 Å². The second-order valence-corrected chi connectivity index (χ2v) is 4.20. The summed E-state index contributed by atoms with van der Waals surface area (Å²) in [6, 6.07) is 6.27. The molecule has 17 heavy (non-hydrogen) atoms. The van der Waals surface area contributed by atoms with Gasteiger partial charge in [-0.05, 0) is 24.6 Å². The van der Waals surface area contributed by atoms with Crippen LogP contribution in [0.15, 0.2) is 24.3 Å². The zero-order valence-electron chi connectivity index (χ0n) is 8.89. The highest BCUT2D eigenvalue weighted by atomic mass is 35.5. The fraction of sp³-hybridized carbons (Fsp3) is 0.273. The standard InChI is InChI=1S/C11H11ClN2O3/c12-7-2-1-3-8(6-7)14-5-4-9(10(14)15)13-11(16)17/h1-3,6,9,13H,4-5H2,(H,16,17). The molecule has 2 amide bonds. The van der Waals surface area contributed by atoms with Crippen LogP contribution in [0.1, 0.15) is 6.42 Å². The summed E-state index contributed by atoms with van der Waals surface area (Å²) in [6.45, 7) is 0.490. The van der Waals surface area contributed by atoms with E-state index < -0.39 is 12.1 Å². The Hall–Kier alpha value is -1.75. The van der Waals surface area contributed by atoms with Crippen molar-refractivity contribution in [3.05, 3.63) is 29.3 Å². The van der Waals surface area contributed by atoms with Gasteiger partial charge in [-0.15, -0.1) is 0 Å². The second kappa shape index (κ2) is 4.63. The van der Waals surface area contributed by atoms with Crippen molar-refractivity contribution in [1.82, 2.24) is 5.32 Å². The number of nitrogens with one attached hydrogen (secondary N) is 1. The van der Waals surface area contributed by atoms with Gasteiger partial charge in [-0.3, -0.25) is 4.79 Å². The van der Waals surface area contributed by atoms with Crippen LogP contribution >= 0.6 is 11.6 Å². The molecule has 0 saturated carbocycles. The first-order chi connectivity index (χ1) is 8.08. The van der Waals surface area contributed by atoms with Crippen LogP contribution in [0.2, 0.25) is 5.02 Å². The van der Waals surface area contributed by atoms with E-state index in [4.69, 9.17) is 16.7 Å². The number of carbonyl (C=O) groups is 2. The number of carboxylic acid groups (broad SMARTS) is 1. The molecule has 0 radical (unpaired) electrons. The summed E-state index contributed by atoms with van der Waals surface area (Å²) >= 11 is 5.84. The molecule has 1 atom stereocenters. The van der Waals surface area contributed by atoms with E-state index in [0.717, 1.165) is 0 Å². The molecule has 0 aromatic heterocycles. The summed E-state index contributed by atoms with van der Waals surface area (Å²) in [5.41, 5.74) is 0.692. The molecule has 0 bridgehead atoms. The van der Waals surface area contributed by atoms with E-state index in [-0.39, 0.29) is 5.91 Å². The largest absolute Gasteiger partial charge is 0.465 e. The van der Waals surface area contributed by atoms with Gasteiger partial charge in [0, 0.05) is 17.3 Å². The summed E-state index contributed by atoms with van der Waals surface area (Å²) in [4.78, 5) is 23.9. The van der Waals surface area contributed by atoms with Gasteiger partial charge in [0.1, 0.15) is 6.04 Å². The van der Waals surface area contributed by atoms with Crippen LogP contribution in [0.3, 0.4) is 0 Å². The van der Waals surface area contributed by atoms with Crippen molar-refractivity contribution in [2.75, 3.05) is 11.4 Å². The third-order valence-electron chi connectivity index (χ3n) is 2.62. The van der Waals surface area contributed by atoms with Crippen molar-refractivity contribution in [1.29, 1.82) is 0 Å². The van der Waals surface area contributed by atoms with Crippen LogP contribution in [0.5, 0.6) is 0 Å². The number of anilines is 1. The molecule has 0 spiro atoms. The quantitative estimate of drug-likeness (QED) is 0.844. The molecule has 1 aliphatic rings. The molecule has 6 heteroatoms. The lowest BCUT2D eigenvalue weighted by Crippen LogP contribution is -2.40. The Morgan fingerprint density at radius 1 is 1.53 bits per heavy atom. The second-order valence-electron chi connectivity index (χ2n) is 3.76. The number of halogens is 1. The molecular formula is C11H11ClN2O3. The highest BCUT2D eigenvalue weighted by Crippen LogP contribution is 2.24. The highest BCUT2D eigenvalue weighted by molar-refractivity contribution is 6.31. The number of carbonyl (C=O) groups excluding carboxylic acids is 1. The van der Waals surface area contributed by atoms with E-state index in [1.807, 2.05) is 0 Å². The minimum atomic E-state index is -1.18. The highest BCUT2D eigenvalue weighted by Gasteiger charge is 2.33. The van der Waals surface area contributed by atoms with Gasteiger partial charge in [-0.1, -0.05) is 17.7 Å². The van der Waals surface area contributed by atoms with Crippen LogP contribution in [0.4, 0.5) is 10.5 Å². The number of amides is 2. The first-order valence-corrected chi connectivity index (χ1v) is 5.52. The van der Waals surface area contributed by atoms with Crippen LogP contribution in [-0.2, 0) is 4.79 Å². The van der Waals surface area contributed by atoms with Crippen molar-refractivity contribution in [3.63, 3.8) is 0 Å². The minimum absolute atomic E-state index is 0.241. The van der Waals surface area contributed by atoms with Crippen LogP contribution in [-0.4, -0.2) is 29.7 Å². The van der Waals surface area contributed by atoms with Crippen LogP contribution in [0, 0.1) is 0 Å². The van der Waals surface area contributed by atoms with Crippen LogP contribution in [0.25, 0.3) is 0 Å².